The maximum atomic E-state index is 12.4. The summed E-state index contributed by atoms with van der Waals surface area (Å²) in [5.41, 5.74) is 0.577. The van der Waals surface area contributed by atoms with Crippen molar-refractivity contribution in [3.63, 3.8) is 0 Å². The molecule has 0 aromatic carbocycles. The highest BCUT2D eigenvalue weighted by Gasteiger charge is 2.31. The zero-order chi connectivity index (χ0) is 20.2. The predicted molar refractivity (Wildman–Crippen MR) is 96.5 cm³/mol. The number of hydrogen-bond acceptors (Lipinski definition) is 5. The Morgan fingerprint density at radius 3 is 2.78 bits per heavy atom. The third-order valence-corrected chi connectivity index (χ3v) is 6.14. The topological polar surface area (TPSA) is 74.4 Å². The van der Waals surface area contributed by atoms with Crippen LogP contribution in [0.2, 0.25) is 5.15 Å². The molecule has 2 rings (SSSR count). The molecule has 0 saturated heterocycles. The first kappa shape index (κ1) is 21.6. The summed E-state index contributed by atoms with van der Waals surface area (Å²) in [4.78, 5) is 17.9. The van der Waals surface area contributed by atoms with Gasteiger partial charge in [-0.05, 0) is 13.0 Å². The third kappa shape index (κ3) is 6.15. The minimum atomic E-state index is -4.53. The van der Waals surface area contributed by atoms with Crippen LogP contribution < -0.4 is 9.63 Å². The van der Waals surface area contributed by atoms with E-state index in [0.717, 1.165) is 16.1 Å². The van der Waals surface area contributed by atoms with Gasteiger partial charge in [0, 0.05) is 40.3 Å². The number of aromatic nitrogens is 2. The molecule has 1 N–H and O–H groups in total. The molecule has 6 nitrogen and oxygen atoms in total. The second kappa shape index (κ2) is 8.98. The predicted octanol–water partition coefficient (Wildman–Crippen LogP) is 3.04. The lowest BCUT2D eigenvalue weighted by Crippen LogP contribution is -2.32. The number of rotatable bonds is 7. The van der Waals surface area contributed by atoms with Crippen molar-refractivity contribution in [2.75, 3.05) is 23.0 Å². The number of alkyl halides is 3. The average Bonchev–Trinajstić information content (AvgIpc) is 2.94. The zero-order valence-corrected chi connectivity index (χ0v) is 16.5. The van der Waals surface area contributed by atoms with Gasteiger partial charge in [0.1, 0.15) is 15.8 Å². The smallest absolute Gasteiger partial charge is 0.301 e. The summed E-state index contributed by atoms with van der Waals surface area (Å²) >= 11 is 7.24. The molecule has 0 fully saturated rings. The average molecular weight is 443 g/mol. The fraction of sp³-hybridized carbons (Fsp3) is 0.400. The first-order valence-electron chi connectivity index (χ1n) is 7.70. The molecule has 0 radical (unpaired) electrons. The Hall–Kier alpha value is -1.72. The summed E-state index contributed by atoms with van der Waals surface area (Å²) in [6.07, 6.45) is -2.00. The Balaban J connectivity index is 2.13. The number of carbonyl (C=O) groups is 1. The highest BCUT2D eigenvalue weighted by Crippen LogP contribution is 2.37. The fourth-order valence-corrected chi connectivity index (χ4v) is 4.49. The molecule has 1 unspecified atom stereocenters. The molecule has 0 aliphatic carbocycles. The van der Waals surface area contributed by atoms with Crippen LogP contribution in [0.25, 0.3) is 10.6 Å². The van der Waals surface area contributed by atoms with E-state index in [1.165, 1.54) is 17.3 Å². The second-order valence-corrected chi connectivity index (χ2v) is 8.29. The van der Waals surface area contributed by atoms with Gasteiger partial charge < -0.3 is 4.90 Å². The van der Waals surface area contributed by atoms with E-state index in [1.807, 2.05) is 0 Å². The molecule has 1 amide bonds. The quantitative estimate of drug-likeness (QED) is 0.528. The number of carbonyl (C=O) groups excluding carboxylic acids is 1. The van der Waals surface area contributed by atoms with Crippen LogP contribution in [0.1, 0.15) is 13.3 Å². The molecule has 27 heavy (non-hydrogen) atoms. The van der Waals surface area contributed by atoms with Crippen molar-refractivity contribution >= 4 is 44.6 Å². The number of hydrogen-bond donors (Lipinski definition) is 1. The molecule has 148 valence electrons. The minimum Gasteiger partial charge on any atom is -0.301 e. The van der Waals surface area contributed by atoms with E-state index in [4.69, 9.17) is 11.6 Å². The van der Waals surface area contributed by atoms with Crippen molar-refractivity contribution < 1.29 is 32.1 Å². The van der Waals surface area contributed by atoms with Gasteiger partial charge in [-0.3, -0.25) is 14.2 Å². The lowest BCUT2D eigenvalue weighted by molar-refractivity contribution is -0.904. The van der Waals surface area contributed by atoms with Crippen LogP contribution in [0, 0.1) is 0 Å². The van der Waals surface area contributed by atoms with E-state index < -0.39 is 28.6 Å². The van der Waals surface area contributed by atoms with Crippen molar-refractivity contribution in [2.45, 2.75) is 19.5 Å². The van der Waals surface area contributed by atoms with E-state index in [9.17, 15) is 27.4 Å². The number of pyridine rings is 1. The molecule has 1 atom stereocenters. The molecule has 0 bridgehead atoms. The van der Waals surface area contributed by atoms with Gasteiger partial charge in [0.2, 0.25) is 18.3 Å². The number of thiazole rings is 1. The number of anilines is 1. The number of halogens is 4. The van der Waals surface area contributed by atoms with Crippen molar-refractivity contribution in [3.8, 4) is 10.6 Å². The molecule has 0 spiro atoms. The van der Waals surface area contributed by atoms with Gasteiger partial charge >= 0.3 is 6.18 Å². The summed E-state index contributed by atoms with van der Waals surface area (Å²) in [7, 11) is -2.17. The summed E-state index contributed by atoms with van der Waals surface area (Å²) < 4.78 is 49.0. The van der Waals surface area contributed by atoms with Crippen LogP contribution in [0.4, 0.5) is 18.2 Å². The third-order valence-electron chi connectivity index (χ3n) is 3.33. The maximum Gasteiger partial charge on any atom is 0.400 e. The summed E-state index contributed by atoms with van der Waals surface area (Å²) in [5, 5.41) is 10.4. The van der Waals surface area contributed by atoms with E-state index >= 15 is 0 Å². The highest BCUT2D eigenvalue weighted by molar-refractivity contribution is 7.85. The molecule has 2 aromatic heterocycles. The van der Waals surface area contributed by atoms with Gasteiger partial charge in [0.05, 0.1) is 5.56 Å². The Morgan fingerprint density at radius 2 is 2.19 bits per heavy atom. The van der Waals surface area contributed by atoms with Gasteiger partial charge in [-0.25, -0.2) is 4.98 Å². The molecule has 0 aliphatic heterocycles. The molecular formula is C15H16ClF3N3O3S2+. The van der Waals surface area contributed by atoms with Gasteiger partial charge in [-0.15, -0.1) is 0 Å². The lowest BCUT2D eigenvalue weighted by Gasteiger charge is -2.19. The van der Waals surface area contributed by atoms with Crippen molar-refractivity contribution in [3.05, 3.63) is 29.7 Å². The summed E-state index contributed by atoms with van der Waals surface area (Å²) in [6.45, 7) is 1.91. The summed E-state index contributed by atoms with van der Waals surface area (Å²) in [5.74, 6) is -2.32. The highest BCUT2D eigenvalue weighted by atomic mass is 35.5. The monoisotopic (exact) mass is 442 g/mol. The van der Waals surface area contributed by atoms with Crippen LogP contribution in [0.3, 0.4) is 0 Å². The Bertz CT molecular complexity index is 845. The maximum absolute atomic E-state index is 12.4. The van der Waals surface area contributed by atoms with E-state index in [0.29, 0.717) is 15.6 Å². The van der Waals surface area contributed by atoms with E-state index in [-0.39, 0.29) is 23.9 Å². The van der Waals surface area contributed by atoms with Gasteiger partial charge in [-0.2, -0.15) is 13.2 Å². The zero-order valence-electron chi connectivity index (χ0n) is 14.1. The van der Waals surface area contributed by atoms with Crippen LogP contribution in [0.5, 0.6) is 0 Å². The molecule has 12 heteroatoms. The summed E-state index contributed by atoms with van der Waals surface area (Å²) in [6, 6.07) is 3.30. The Labute approximate surface area is 164 Å². The number of amides is 1. The number of nitrogens with zero attached hydrogens (tertiary/aromatic N) is 3. The van der Waals surface area contributed by atoms with Crippen molar-refractivity contribution in [1.82, 2.24) is 4.98 Å². The van der Waals surface area contributed by atoms with Crippen molar-refractivity contribution in [1.29, 1.82) is 0 Å². The normalized spacial score (nSPS) is 12.8. The molecule has 2 aromatic rings. The minimum absolute atomic E-state index is 0.0648. The van der Waals surface area contributed by atoms with Crippen LogP contribution in [-0.2, 0) is 15.6 Å². The molecule has 0 aliphatic rings. The largest absolute Gasteiger partial charge is 0.400 e. The molecular weight excluding hydrogens is 427 g/mol. The lowest BCUT2D eigenvalue weighted by atomic mass is 10.3. The van der Waals surface area contributed by atoms with E-state index in [1.54, 1.807) is 19.1 Å². The Morgan fingerprint density at radius 1 is 1.48 bits per heavy atom. The molecule has 0 saturated carbocycles. The van der Waals surface area contributed by atoms with E-state index in [2.05, 4.69) is 4.98 Å². The first-order valence-corrected chi connectivity index (χ1v) is 10.4. The van der Waals surface area contributed by atoms with Gasteiger partial charge in [0.25, 0.3) is 0 Å². The van der Waals surface area contributed by atoms with Gasteiger partial charge in [-0.1, -0.05) is 22.9 Å². The molecule has 2 heterocycles. The van der Waals surface area contributed by atoms with Crippen molar-refractivity contribution in [2.24, 2.45) is 0 Å². The van der Waals surface area contributed by atoms with Crippen LogP contribution in [-0.4, -0.2) is 44.5 Å². The van der Waals surface area contributed by atoms with Gasteiger partial charge in [0.15, 0.2) is 5.15 Å². The fourth-order valence-electron chi connectivity index (χ4n) is 2.20. The second-order valence-electron chi connectivity index (χ2n) is 5.38. The van der Waals surface area contributed by atoms with Crippen LogP contribution in [0.15, 0.2) is 24.5 Å². The SMILES string of the molecule is CCN(C(=O)CCS(=O)CC(F)(F)F)c1sc(-c2ccc[n+](O)c2)nc1Cl. The first-order chi connectivity index (χ1) is 12.6. The van der Waals surface area contributed by atoms with Crippen LogP contribution >= 0.6 is 22.9 Å². The Kier molecular flexibility index (Phi) is 7.18. The standard InChI is InChI=1S/C15H16ClF3N3O3S2/c1-2-22(11(23)5-7-27(25)9-15(17,18)19)14-12(16)20-13(26-14)10-4-3-6-21(24)8-10/h3-4,6,8,24H,2,5,7,9H2,1H3/q+1.